The topological polar surface area (TPSA) is 32.6 Å². The lowest BCUT2D eigenvalue weighted by Crippen LogP contribution is -1.98. The minimum Gasteiger partial charge on any atom is -0.375 e. The van der Waals surface area contributed by atoms with Crippen LogP contribution in [-0.2, 0) is 0 Å². The van der Waals surface area contributed by atoms with Crippen LogP contribution in [0.15, 0.2) is 29.3 Å². The van der Waals surface area contributed by atoms with E-state index in [0.29, 0.717) is 5.92 Å². The summed E-state index contributed by atoms with van der Waals surface area (Å²) in [5.74, 6) is 0.525. The molecule has 0 aliphatic rings. The highest BCUT2D eigenvalue weighted by Crippen LogP contribution is 2.15. The van der Waals surface area contributed by atoms with Gasteiger partial charge in [0, 0.05) is 5.71 Å². The second-order valence-corrected chi connectivity index (χ2v) is 3.67. The van der Waals surface area contributed by atoms with Gasteiger partial charge in [-0.1, -0.05) is 32.0 Å². The Morgan fingerprint density at radius 1 is 1.43 bits per heavy atom. The second-order valence-electron chi connectivity index (χ2n) is 3.67. The lowest BCUT2D eigenvalue weighted by molar-refractivity contribution is 0.309. The Balaban J connectivity index is 2.99. The van der Waals surface area contributed by atoms with Crippen molar-refractivity contribution in [3.8, 4) is 0 Å². The van der Waals surface area contributed by atoms with Gasteiger partial charge in [0.05, 0.1) is 0 Å². The van der Waals surface area contributed by atoms with Crippen LogP contribution in [0.1, 0.15) is 37.8 Å². The molecule has 0 fully saturated rings. The predicted octanol–water partition coefficient (Wildman–Crippen LogP) is 2.57. The van der Waals surface area contributed by atoms with Crippen LogP contribution in [0, 0.1) is 0 Å². The average Bonchev–Trinajstić information content (AvgIpc) is 2.18. The summed E-state index contributed by atoms with van der Waals surface area (Å²) < 4.78 is 0. The molecular weight excluding hydrogens is 174 g/mol. The van der Waals surface area contributed by atoms with E-state index < -0.39 is 0 Å². The van der Waals surface area contributed by atoms with Crippen LogP contribution in [0.2, 0.25) is 0 Å². The van der Waals surface area contributed by atoms with Crippen molar-refractivity contribution < 1.29 is 5.11 Å². The van der Waals surface area contributed by atoms with E-state index in [1.165, 1.54) is 5.56 Å². The summed E-state index contributed by atoms with van der Waals surface area (Å²) >= 11 is 0. The fraction of sp³-hybridized carbons (Fsp3) is 0.417. The van der Waals surface area contributed by atoms with Crippen LogP contribution >= 0.6 is 0 Å². The highest BCUT2D eigenvalue weighted by molar-refractivity contribution is 5.98. The Bertz CT molecular complexity index is 329. The second kappa shape index (κ2) is 4.91. The summed E-state index contributed by atoms with van der Waals surface area (Å²) in [7, 11) is 0. The summed E-state index contributed by atoms with van der Waals surface area (Å²) in [5.41, 5.74) is 3.27. The molecule has 1 aromatic rings. The number of hydrogen-bond acceptors (Lipinski definition) is 2. The molecule has 0 heterocycles. The van der Waals surface area contributed by atoms with Gasteiger partial charge in [-0.05, 0) is 30.0 Å². The maximum Gasteiger partial charge on any atom is 0.134 e. The van der Waals surface area contributed by atoms with Crippen molar-refractivity contribution >= 4 is 5.71 Å². The highest BCUT2D eigenvalue weighted by Gasteiger charge is 2.01. The van der Waals surface area contributed by atoms with Gasteiger partial charge in [0.2, 0.25) is 0 Å². The molecule has 0 saturated carbocycles. The summed E-state index contributed by atoms with van der Waals surface area (Å²) in [5, 5.41) is 8.69. The van der Waals surface area contributed by atoms with Crippen molar-refractivity contribution in [1.82, 2.24) is 0 Å². The third-order valence-electron chi connectivity index (χ3n) is 2.28. The van der Waals surface area contributed by atoms with Gasteiger partial charge in [0.1, 0.15) is 6.73 Å². The number of aliphatic hydroxyl groups is 1. The van der Waals surface area contributed by atoms with E-state index in [2.05, 4.69) is 31.0 Å². The molecule has 0 spiro atoms. The van der Waals surface area contributed by atoms with Crippen molar-refractivity contribution in [3.63, 3.8) is 0 Å². The van der Waals surface area contributed by atoms with E-state index in [1.54, 1.807) is 0 Å². The molecule has 1 N–H and O–H groups in total. The Hall–Kier alpha value is -1.15. The molecule has 0 radical (unpaired) electrons. The standard InChI is InChI=1S/C12H17NO/c1-9(2)11-5-4-6-12(7-11)10(3)13-8-14/h4-7,9,14H,8H2,1-3H3/b13-10+. The van der Waals surface area contributed by atoms with Gasteiger partial charge in [-0.2, -0.15) is 0 Å². The Morgan fingerprint density at radius 3 is 2.71 bits per heavy atom. The summed E-state index contributed by atoms with van der Waals surface area (Å²) in [6.45, 7) is 6.10. The predicted molar refractivity (Wildman–Crippen MR) is 59.8 cm³/mol. The number of aliphatic imine (C=N–C) groups is 1. The Morgan fingerprint density at radius 2 is 2.14 bits per heavy atom. The number of hydrogen-bond donors (Lipinski definition) is 1. The fourth-order valence-electron chi connectivity index (χ4n) is 1.32. The number of benzene rings is 1. The Kier molecular flexibility index (Phi) is 3.84. The van der Waals surface area contributed by atoms with Crippen LogP contribution in [0.25, 0.3) is 0 Å². The first-order valence-electron chi connectivity index (χ1n) is 4.87. The van der Waals surface area contributed by atoms with E-state index in [9.17, 15) is 0 Å². The molecule has 0 atom stereocenters. The van der Waals surface area contributed by atoms with E-state index in [4.69, 9.17) is 5.11 Å². The quantitative estimate of drug-likeness (QED) is 0.732. The molecule has 2 heteroatoms. The summed E-state index contributed by atoms with van der Waals surface area (Å²) in [4.78, 5) is 3.97. The zero-order chi connectivity index (χ0) is 10.6. The van der Waals surface area contributed by atoms with E-state index in [-0.39, 0.29) is 6.73 Å². The van der Waals surface area contributed by atoms with Gasteiger partial charge >= 0.3 is 0 Å². The fourth-order valence-corrected chi connectivity index (χ4v) is 1.32. The smallest absolute Gasteiger partial charge is 0.134 e. The van der Waals surface area contributed by atoms with Gasteiger partial charge in [0.25, 0.3) is 0 Å². The lowest BCUT2D eigenvalue weighted by Gasteiger charge is -2.07. The normalized spacial score (nSPS) is 12.2. The summed E-state index contributed by atoms with van der Waals surface area (Å²) in [6.07, 6.45) is 0. The van der Waals surface area contributed by atoms with Gasteiger partial charge in [0.15, 0.2) is 0 Å². The molecule has 0 aliphatic heterocycles. The van der Waals surface area contributed by atoms with Gasteiger partial charge in [-0.15, -0.1) is 0 Å². The molecule has 0 bridgehead atoms. The molecule has 0 aliphatic carbocycles. The van der Waals surface area contributed by atoms with Gasteiger partial charge < -0.3 is 5.11 Å². The zero-order valence-electron chi connectivity index (χ0n) is 8.99. The van der Waals surface area contributed by atoms with Crippen molar-refractivity contribution in [2.45, 2.75) is 26.7 Å². The highest BCUT2D eigenvalue weighted by atomic mass is 16.3. The third-order valence-corrected chi connectivity index (χ3v) is 2.28. The first-order valence-corrected chi connectivity index (χ1v) is 4.87. The number of rotatable bonds is 3. The van der Waals surface area contributed by atoms with E-state index >= 15 is 0 Å². The van der Waals surface area contributed by atoms with E-state index in [1.807, 2.05) is 19.1 Å². The molecule has 0 unspecified atom stereocenters. The van der Waals surface area contributed by atoms with Crippen LogP contribution in [0.5, 0.6) is 0 Å². The van der Waals surface area contributed by atoms with Crippen molar-refractivity contribution in [3.05, 3.63) is 35.4 Å². The molecule has 1 aromatic carbocycles. The van der Waals surface area contributed by atoms with Gasteiger partial charge in [-0.3, -0.25) is 4.99 Å². The molecule has 76 valence electrons. The largest absolute Gasteiger partial charge is 0.375 e. The maximum absolute atomic E-state index is 8.69. The zero-order valence-corrected chi connectivity index (χ0v) is 8.99. The lowest BCUT2D eigenvalue weighted by atomic mass is 9.99. The maximum atomic E-state index is 8.69. The van der Waals surface area contributed by atoms with Gasteiger partial charge in [-0.25, -0.2) is 0 Å². The minimum absolute atomic E-state index is 0.141. The SMILES string of the molecule is C/C(=N\CO)c1cccc(C(C)C)c1. The van der Waals surface area contributed by atoms with Crippen molar-refractivity contribution in [2.24, 2.45) is 4.99 Å². The summed E-state index contributed by atoms with van der Waals surface area (Å²) in [6, 6.07) is 8.28. The third kappa shape index (κ3) is 2.67. The van der Waals surface area contributed by atoms with Crippen LogP contribution in [0.3, 0.4) is 0 Å². The Labute approximate surface area is 85.3 Å². The molecular formula is C12H17NO. The average molecular weight is 191 g/mol. The number of aliphatic hydroxyl groups excluding tert-OH is 1. The van der Waals surface area contributed by atoms with Crippen LogP contribution in [-0.4, -0.2) is 17.5 Å². The monoisotopic (exact) mass is 191 g/mol. The molecule has 14 heavy (non-hydrogen) atoms. The van der Waals surface area contributed by atoms with Crippen molar-refractivity contribution in [1.29, 1.82) is 0 Å². The minimum atomic E-state index is -0.141. The first kappa shape index (κ1) is 10.9. The molecule has 0 saturated heterocycles. The van der Waals surface area contributed by atoms with Crippen LogP contribution < -0.4 is 0 Å². The number of nitrogens with zero attached hydrogens (tertiary/aromatic N) is 1. The molecule has 2 nitrogen and oxygen atoms in total. The first-order chi connectivity index (χ1) is 6.65. The molecule has 0 aromatic heterocycles. The van der Waals surface area contributed by atoms with E-state index in [0.717, 1.165) is 11.3 Å². The molecule has 0 amide bonds. The molecule has 1 rings (SSSR count). The van der Waals surface area contributed by atoms with Crippen LogP contribution in [0.4, 0.5) is 0 Å². The van der Waals surface area contributed by atoms with Crippen molar-refractivity contribution in [2.75, 3.05) is 6.73 Å².